The van der Waals surface area contributed by atoms with Crippen molar-refractivity contribution in [1.82, 2.24) is 0 Å². The Balaban J connectivity index is 3.32. The summed E-state index contributed by atoms with van der Waals surface area (Å²) in [6.45, 7) is 5.73. The summed E-state index contributed by atoms with van der Waals surface area (Å²) in [7, 11) is 0. The predicted molar refractivity (Wildman–Crippen MR) is 27.8 cm³/mol. The van der Waals surface area contributed by atoms with E-state index in [4.69, 9.17) is 0 Å². The summed E-state index contributed by atoms with van der Waals surface area (Å²) >= 11 is 0. The first kappa shape index (κ1) is 6.12. The highest BCUT2D eigenvalue weighted by molar-refractivity contribution is 5.33. The quantitative estimate of drug-likeness (QED) is 0.286. The number of isocyanates is 1. The molecule has 7 heavy (non-hydrogen) atoms. The monoisotopic (exact) mass is 97.1 g/mol. The Morgan fingerprint density at radius 3 is 2.71 bits per heavy atom. The molecule has 0 aliphatic rings. The zero-order valence-corrected chi connectivity index (χ0v) is 4.27. The van der Waals surface area contributed by atoms with Crippen molar-refractivity contribution in [3.63, 3.8) is 0 Å². The van der Waals surface area contributed by atoms with Gasteiger partial charge in [-0.1, -0.05) is 12.2 Å². The molecule has 0 bridgehead atoms. The largest absolute Gasteiger partial charge is 0.235 e. The second-order valence-corrected chi connectivity index (χ2v) is 1.36. The third kappa shape index (κ3) is 5.12. The van der Waals surface area contributed by atoms with E-state index in [0.717, 1.165) is 5.57 Å². The van der Waals surface area contributed by atoms with Crippen molar-refractivity contribution in [2.75, 3.05) is 6.54 Å². The summed E-state index contributed by atoms with van der Waals surface area (Å²) in [4.78, 5) is 12.6. The van der Waals surface area contributed by atoms with E-state index in [2.05, 4.69) is 11.6 Å². The van der Waals surface area contributed by atoms with Crippen LogP contribution in [-0.4, -0.2) is 12.6 Å². The van der Waals surface area contributed by atoms with Gasteiger partial charge in [0.15, 0.2) is 0 Å². The van der Waals surface area contributed by atoms with Crippen molar-refractivity contribution in [1.29, 1.82) is 0 Å². The highest BCUT2D eigenvalue weighted by Gasteiger charge is 1.75. The zero-order chi connectivity index (χ0) is 5.70. The van der Waals surface area contributed by atoms with E-state index < -0.39 is 0 Å². The summed E-state index contributed by atoms with van der Waals surface area (Å²) in [5, 5.41) is 0. The van der Waals surface area contributed by atoms with Crippen molar-refractivity contribution in [2.24, 2.45) is 4.99 Å². The molecule has 0 saturated heterocycles. The fraction of sp³-hybridized carbons (Fsp3) is 0.400. The highest BCUT2D eigenvalue weighted by atomic mass is 16.1. The molecule has 2 nitrogen and oxygen atoms in total. The summed E-state index contributed by atoms with van der Waals surface area (Å²) in [6.07, 6.45) is 1.41. The van der Waals surface area contributed by atoms with Gasteiger partial charge in [0.05, 0.1) is 6.54 Å². The average Bonchev–Trinajstić information content (AvgIpc) is 1.61. The highest BCUT2D eigenvalue weighted by Crippen LogP contribution is 1.83. The minimum atomic E-state index is 0.406. The van der Waals surface area contributed by atoms with Gasteiger partial charge in [0, 0.05) is 0 Å². The number of rotatable bonds is 2. The van der Waals surface area contributed by atoms with Gasteiger partial charge in [-0.3, -0.25) is 0 Å². The Morgan fingerprint density at radius 1 is 2.00 bits per heavy atom. The lowest BCUT2D eigenvalue weighted by molar-refractivity contribution is 0.563. The van der Waals surface area contributed by atoms with Gasteiger partial charge in [-0.05, 0) is 6.92 Å². The molecule has 0 aliphatic carbocycles. The lowest BCUT2D eigenvalue weighted by atomic mass is 10.4. The smallest absolute Gasteiger partial charge is 0.211 e. The molecule has 2 heteroatoms. The van der Waals surface area contributed by atoms with Crippen LogP contribution < -0.4 is 0 Å². The van der Waals surface area contributed by atoms with Crippen LogP contribution in [0.1, 0.15) is 6.92 Å². The minimum Gasteiger partial charge on any atom is -0.211 e. The molecule has 0 atom stereocenters. The third-order valence-electron chi connectivity index (χ3n) is 0.414. The number of hydrogen-bond donors (Lipinski definition) is 0. The molecule has 0 amide bonds. The molecule has 0 aliphatic heterocycles. The van der Waals surface area contributed by atoms with Crippen molar-refractivity contribution in [2.45, 2.75) is 6.92 Å². The second kappa shape index (κ2) is 3.32. The Labute approximate surface area is 42.6 Å². The Morgan fingerprint density at radius 2 is 2.57 bits per heavy atom. The van der Waals surface area contributed by atoms with Crippen LogP contribution in [0.4, 0.5) is 0 Å². The van der Waals surface area contributed by atoms with E-state index in [1.807, 2.05) is 0 Å². The van der Waals surface area contributed by atoms with Gasteiger partial charge < -0.3 is 0 Å². The van der Waals surface area contributed by atoms with Gasteiger partial charge in [-0.25, -0.2) is 9.79 Å². The molecule has 0 aromatic carbocycles. The number of aliphatic imine (C=N–C) groups is 1. The molecule has 0 aromatic rings. The zero-order valence-electron chi connectivity index (χ0n) is 4.27. The molecular formula is C5H7NO. The number of carbonyl (C=O) groups excluding carboxylic acids is 1. The van der Waals surface area contributed by atoms with Crippen molar-refractivity contribution >= 4 is 6.08 Å². The average molecular weight is 97.1 g/mol. The van der Waals surface area contributed by atoms with E-state index in [-0.39, 0.29) is 0 Å². The summed E-state index contributed by atoms with van der Waals surface area (Å²) in [5.74, 6) is 0. The van der Waals surface area contributed by atoms with Crippen LogP contribution in [0.25, 0.3) is 0 Å². The topological polar surface area (TPSA) is 29.4 Å². The second-order valence-electron chi connectivity index (χ2n) is 1.36. The first-order valence-electron chi connectivity index (χ1n) is 1.95. The summed E-state index contributed by atoms with van der Waals surface area (Å²) < 4.78 is 0. The van der Waals surface area contributed by atoms with E-state index in [1.54, 1.807) is 6.92 Å². The fourth-order valence-corrected chi connectivity index (χ4v) is 0.167. The third-order valence-corrected chi connectivity index (χ3v) is 0.414. The van der Waals surface area contributed by atoms with Gasteiger partial charge in [0.1, 0.15) is 0 Å². The Kier molecular flexibility index (Phi) is 2.90. The molecule has 0 spiro atoms. The van der Waals surface area contributed by atoms with Crippen LogP contribution in [0.3, 0.4) is 0 Å². The molecule has 0 fully saturated rings. The van der Waals surface area contributed by atoms with Crippen molar-refractivity contribution in [3.8, 4) is 0 Å². The van der Waals surface area contributed by atoms with Crippen molar-refractivity contribution < 1.29 is 4.79 Å². The maximum absolute atomic E-state index is 9.38. The first-order chi connectivity index (χ1) is 3.27. The molecule has 0 aromatic heterocycles. The maximum atomic E-state index is 9.38. The minimum absolute atomic E-state index is 0.406. The Bertz CT molecular complexity index is 111. The van der Waals surface area contributed by atoms with Crippen molar-refractivity contribution in [3.05, 3.63) is 12.2 Å². The normalized spacial score (nSPS) is 7.00. The lowest BCUT2D eigenvalue weighted by Gasteiger charge is -1.81. The molecule has 0 saturated carbocycles. The molecule has 38 valence electrons. The molecular weight excluding hydrogens is 90.1 g/mol. The molecule has 0 N–H and O–H groups in total. The lowest BCUT2D eigenvalue weighted by Crippen LogP contribution is -1.75. The predicted octanol–water partition coefficient (Wildman–Crippen LogP) is 0.898. The number of hydrogen-bond acceptors (Lipinski definition) is 2. The van der Waals surface area contributed by atoms with E-state index in [1.165, 1.54) is 6.08 Å². The first-order valence-corrected chi connectivity index (χ1v) is 1.95. The van der Waals surface area contributed by atoms with Gasteiger partial charge in [-0.2, -0.15) is 0 Å². The fourth-order valence-electron chi connectivity index (χ4n) is 0.167. The van der Waals surface area contributed by atoms with Crippen LogP contribution in [-0.2, 0) is 4.79 Å². The van der Waals surface area contributed by atoms with Gasteiger partial charge in [0.25, 0.3) is 0 Å². The van der Waals surface area contributed by atoms with Gasteiger partial charge in [0.2, 0.25) is 6.08 Å². The summed E-state index contributed by atoms with van der Waals surface area (Å²) in [5.41, 5.74) is 0.878. The van der Waals surface area contributed by atoms with Crippen LogP contribution in [0, 0.1) is 0 Å². The molecule has 0 unspecified atom stereocenters. The van der Waals surface area contributed by atoms with Crippen LogP contribution in [0.15, 0.2) is 17.1 Å². The van der Waals surface area contributed by atoms with Crippen LogP contribution in [0.5, 0.6) is 0 Å². The van der Waals surface area contributed by atoms with Crippen LogP contribution >= 0.6 is 0 Å². The molecule has 0 heterocycles. The van der Waals surface area contributed by atoms with Gasteiger partial charge >= 0.3 is 0 Å². The van der Waals surface area contributed by atoms with E-state index >= 15 is 0 Å². The maximum Gasteiger partial charge on any atom is 0.235 e. The van der Waals surface area contributed by atoms with Gasteiger partial charge in [-0.15, -0.1) is 0 Å². The van der Waals surface area contributed by atoms with E-state index in [9.17, 15) is 4.79 Å². The SMILES string of the molecule is C=C(C)CN=C=O. The standard InChI is InChI=1S/C5H7NO/c1-5(2)3-6-4-7/h1,3H2,2H3. The number of nitrogens with zero attached hydrogens (tertiary/aromatic N) is 1. The molecule has 0 rings (SSSR count). The Hall–Kier alpha value is -0.880. The summed E-state index contributed by atoms with van der Waals surface area (Å²) in [6, 6.07) is 0. The molecule has 0 radical (unpaired) electrons. The van der Waals surface area contributed by atoms with Crippen LogP contribution in [0.2, 0.25) is 0 Å². The van der Waals surface area contributed by atoms with E-state index in [0.29, 0.717) is 6.54 Å².